The normalized spacial score (nSPS) is 19.2. The van der Waals surface area contributed by atoms with Crippen LogP contribution in [0.4, 0.5) is 10.1 Å². The fraction of sp³-hybridized carbons (Fsp3) is 0.481. The molecule has 2 saturated heterocycles. The van der Waals surface area contributed by atoms with Crippen LogP contribution in [0.2, 0.25) is 0 Å². The average Bonchev–Trinajstić information content (AvgIpc) is 2.86. The zero-order chi connectivity index (χ0) is 24.8. The number of hydrogen-bond donors (Lipinski definition) is 1. The molecular formula is C27H35FN4O3. The largest absolute Gasteiger partial charge is 0.379 e. The maximum atomic E-state index is 14.5. The molecule has 2 aromatic carbocycles. The predicted octanol–water partition coefficient (Wildman–Crippen LogP) is 2.73. The molecule has 0 radical (unpaired) electrons. The molecule has 4 rings (SSSR count). The SMILES string of the molecule is CC(=O)c1ccc(N2CCN(CC(=O)N[C@@H](C)[C@@H](c3ccccc3)N3CCOCC3)CC2)c(F)c1. The van der Waals surface area contributed by atoms with Crippen LogP contribution in [0, 0.1) is 5.82 Å². The van der Waals surface area contributed by atoms with Gasteiger partial charge in [-0.05, 0) is 37.6 Å². The second-order valence-corrected chi connectivity index (χ2v) is 9.35. The number of nitrogens with one attached hydrogen (secondary N) is 1. The molecule has 0 aromatic heterocycles. The van der Waals surface area contributed by atoms with E-state index in [9.17, 15) is 14.0 Å². The average molecular weight is 483 g/mol. The number of carbonyl (C=O) groups is 2. The van der Waals surface area contributed by atoms with Crippen LogP contribution < -0.4 is 10.2 Å². The summed E-state index contributed by atoms with van der Waals surface area (Å²) in [5.41, 5.74) is 2.07. The van der Waals surface area contributed by atoms with Crippen LogP contribution in [0.1, 0.15) is 35.8 Å². The number of carbonyl (C=O) groups excluding carboxylic acids is 2. The van der Waals surface area contributed by atoms with Crippen molar-refractivity contribution in [3.8, 4) is 0 Å². The van der Waals surface area contributed by atoms with E-state index in [4.69, 9.17) is 4.74 Å². The molecule has 1 amide bonds. The van der Waals surface area contributed by atoms with E-state index >= 15 is 0 Å². The molecule has 0 spiro atoms. The standard InChI is InChI=1S/C27H35FN4O3/c1-20(27(22-6-4-3-5-7-22)32-14-16-35-17-15-32)29-26(34)19-30-10-12-31(13-11-30)25-9-8-23(21(2)33)18-24(25)28/h3-9,18,20,27H,10-17,19H2,1-2H3,(H,29,34)/t20-,27-/m0/s1. The summed E-state index contributed by atoms with van der Waals surface area (Å²) in [5, 5.41) is 3.22. The number of hydrogen-bond acceptors (Lipinski definition) is 6. The Morgan fingerprint density at radius 3 is 2.31 bits per heavy atom. The Hall–Kier alpha value is -2.81. The summed E-state index contributed by atoms with van der Waals surface area (Å²) in [5.74, 6) is -0.534. The second-order valence-electron chi connectivity index (χ2n) is 9.35. The Kier molecular flexibility index (Phi) is 8.49. The summed E-state index contributed by atoms with van der Waals surface area (Å²) in [7, 11) is 0. The molecule has 188 valence electrons. The third-order valence-corrected chi connectivity index (χ3v) is 6.88. The molecule has 0 unspecified atom stereocenters. The van der Waals surface area contributed by atoms with Crippen molar-refractivity contribution in [1.29, 1.82) is 0 Å². The van der Waals surface area contributed by atoms with Gasteiger partial charge in [0.25, 0.3) is 0 Å². The Balaban J connectivity index is 1.31. The molecule has 2 aliphatic heterocycles. The van der Waals surface area contributed by atoms with Gasteiger partial charge in [0.05, 0.1) is 31.5 Å². The van der Waals surface area contributed by atoms with Crippen LogP contribution in [0.15, 0.2) is 48.5 Å². The minimum absolute atomic E-state index is 0.00266. The van der Waals surface area contributed by atoms with Crippen molar-refractivity contribution in [2.45, 2.75) is 25.9 Å². The van der Waals surface area contributed by atoms with Gasteiger partial charge in [0.1, 0.15) is 5.82 Å². The molecular weight excluding hydrogens is 447 g/mol. The molecule has 7 nitrogen and oxygen atoms in total. The van der Waals surface area contributed by atoms with Gasteiger partial charge < -0.3 is 15.0 Å². The van der Waals surface area contributed by atoms with Crippen LogP contribution in [0.25, 0.3) is 0 Å². The van der Waals surface area contributed by atoms with Gasteiger partial charge in [-0.25, -0.2) is 4.39 Å². The second kappa shape index (κ2) is 11.7. The van der Waals surface area contributed by atoms with Gasteiger partial charge in [-0.1, -0.05) is 30.3 Å². The number of Topliss-reactive ketones (excluding diaryl/α,β-unsaturated/α-hetero) is 1. The maximum Gasteiger partial charge on any atom is 0.234 e. The van der Waals surface area contributed by atoms with Gasteiger partial charge in [0.15, 0.2) is 5.78 Å². The van der Waals surface area contributed by atoms with E-state index in [1.165, 1.54) is 18.6 Å². The van der Waals surface area contributed by atoms with Crippen LogP contribution >= 0.6 is 0 Å². The van der Waals surface area contributed by atoms with E-state index < -0.39 is 0 Å². The lowest BCUT2D eigenvalue weighted by Crippen LogP contribution is -2.52. The third-order valence-electron chi connectivity index (χ3n) is 6.88. The first kappa shape index (κ1) is 25.3. The first-order valence-electron chi connectivity index (χ1n) is 12.4. The number of rotatable bonds is 8. The summed E-state index contributed by atoms with van der Waals surface area (Å²) in [4.78, 5) is 30.9. The zero-order valence-corrected chi connectivity index (χ0v) is 20.6. The minimum atomic E-state index is -0.382. The number of anilines is 1. The number of ether oxygens (including phenoxy) is 1. The monoisotopic (exact) mass is 482 g/mol. The van der Waals surface area contributed by atoms with Crippen molar-refractivity contribution >= 4 is 17.4 Å². The molecule has 2 fully saturated rings. The number of halogens is 1. The first-order valence-corrected chi connectivity index (χ1v) is 12.4. The first-order chi connectivity index (χ1) is 16.9. The van der Waals surface area contributed by atoms with Crippen LogP contribution in [0.3, 0.4) is 0 Å². The quantitative estimate of drug-likeness (QED) is 0.584. The van der Waals surface area contributed by atoms with Gasteiger partial charge >= 0.3 is 0 Å². The molecule has 35 heavy (non-hydrogen) atoms. The topological polar surface area (TPSA) is 65.1 Å². The zero-order valence-electron chi connectivity index (χ0n) is 20.6. The number of benzene rings is 2. The maximum absolute atomic E-state index is 14.5. The number of nitrogens with zero attached hydrogens (tertiary/aromatic N) is 3. The van der Waals surface area contributed by atoms with Crippen molar-refractivity contribution in [2.75, 3.05) is 63.9 Å². The molecule has 0 bridgehead atoms. The summed E-state index contributed by atoms with van der Waals surface area (Å²) < 4.78 is 20.1. The molecule has 2 aliphatic rings. The highest BCUT2D eigenvalue weighted by molar-refractivity contribution is 5.94. The van der Waals surface area contributed by atoms with E-state index in [0.29, 0.717) is 57.2 Å². The Morgan fingerprint density at radius 1 is 1.00 bits per heavy atom. The van der Waals surface area contributed by atoms with E-state index in [1.807, 2.05) is 23.1 Å². The lowest BCUT2D eigenvalue weighted by molar-refractivity contribution is -0.123. The predicted molar refractivity (Wildman–Crippen MR) is 134 cm³/mol. The number of piperazine rings is 1. The lowest BCUT2D eigenvalue weighted by Gasteiger charge is -2.39. The van der Waals surface area contributed by atoms with Crippen LogP contribution in [-0.4, -0.2) is 86.6 Å². The Labute approximate surface area is 206 Å². The summed E-state index contributed by atoms with van der Waals surface area (Å²) in [6, 6.07) is 15.0. The van der Waals surface area contributed by atoms with Gasteiger partial charge in [0.2, 0.25) is 5.91 Å². The minimum Gasteiger partial charge on any atom is -0.379 e. The van der Waals surface area contributed by atoms with E-state index in [0.717, 1.165) is 13.1 Å². The number of morpholine rings is 1. The van der Waals surface area contributed by atoms with Crippen molar-refractivity contribution in [3.63, 3.8) is 0 Å². The molecule has 0 aliphatic carbocycles. The Morgan fingerprint density at radius 2 is 1.69 bits per heavy atom. The smallest absolute Gasteiger partial charge is 0.234 e. The molecule has 8 heteroatoms. The van der Waals surface area contributed by atoms with Gasteiger partial charge in [-0.3, -0.25) is 19.4 Å². The van der Waals surface area contributed by atoms with Gasteiger partial charge in [0, 0.05) is 50.9 Å². The highest BCUT2D eigenvalue weighted by Crippen LogP contribution is 2.26. The van der Waals surface area contributed by atoms with Crippen LogP contribution in [0.5, 0.6) is 0 Å². The number of amides is 1. The van der Waals surface area contributed by atoms with E-state index in [1.54, 1.807) is 12.1 Å². The lowest BCUT2D eigenvalue weighted by atomic mass is 9.98. The summed E-state index contributed by atoms with van der Waals surface area (Å²) in [6.07, 6.45) is 0. The molecule has 2 atom stereocenters. The van der Waals surface area contributed by atoms with Crippen molar-refractivity contribution in [3.05, 3.63) is 65.5 Å². The van der Waals surface area contributed by atoms with Gasteiger partial charge in [-0.15, -0.1) is 0 Å². The fourth-order valence-corrected chi connectivity index (χ4v) is 5.03. The highest BCUT2D eigenvalue weighted by Gasteiger charge is 2.29. The van der Waals surface area contributed by atoms with E-state index in [-0.39, 0.29) is 29.6 Å². The van der Waals surface area contributed by atoms with Gasteiger partial charge in [-0.2, -0.15) is 0 Å². The molecule has 1 N–H and O–H groups in total. The Bertz CT molecular complexity index is 1000. The van der Waals surface area contributed by atoms with Crippen molar-refractivity contribution in [2.24, 2.45) is 0 Å². The summed E-state index contributed by atoms with van der Waals surface area (Å²) >= 11 is 0. The highest BCUT2D eigenvalue weighted by atomic mass is 19.1. The van der Waals surface area contributed by atoms with E-state index in [2.05, 4.69) is 34.2 Å². The fourth-order valence-electron chi connectivity index (χ4n) is 5.03. The van der Waals surface area contributed by atoms with Crippen LogP contribution in [-0.2, 0) is 9.53 Å². The van der Waals surface area contributed by atoms with Crippen molar-refractivity contribution in [1.82, 2.24) is 15.1 Å². The third kappa shape index (κ3) is 6.45. The molecule has 0 saturated carbocycles. The van der Waals surface area contributed by atoms with Crippen molar-refractivity contribution < 1.29 is 18.7 Å². The molecule has 2 aromatic rings. The summed E-state index contributed by atoms with van der Waals surface area (Å²) in [6.45, 7) is 9.48. The molecule has 2 heterocycles. The number of ketones is 1.